The van der Waals surface area contributed by atoms with Crippen molar-refractivity contribution in [2.75, 3.05) is 11.9 Å². The molecule has 0 fully saturated rings. The second kappa shape index (κ2) is 8.76. The van der Waals surface area contributed by atoms with E-state index in [1.807, 2.05) is 13.1 Å². The van der Waals surface area contributed by atoms with Crippen molar-refractivity contribution in [3.63, 3.8) is 0 Å². The molecule has 26 heavy (non-hydrogen) atoms. The van der Waals surface area contributed by atoms with Crippen LogP contribution in [0.15, 0.2) is 6.20 Å². The van der Waals surface area contributed by atoms with Crippen LogP contribution < -0.4 is 5.32 Å². The van der Waals surface area contributed by atoms with Crippen molar-refractivity contribution < 1.29 is 19.1 Å². The number of ketones is 1. The molecule has 2 aromatic rings. The highest BCUT2D eigenvalue weighted by Gasteiger charge is 2.25. The van der Waals surface area contributed by atoms with Crippen molar-refractivity contribution in [2.45, 2.75) is 40.7 Å². The molecule has 0 saturated heterocycles. The van der Waals surface area contributed by atoms with Crippen LogP contribution >= 0.6 is 33.9 Å². The number of thiophene rings is 1. The van der Waals surface area contributed by atoms with Crippen LogP contribution in [0.4, 0.5) is 5.00 Å². The van der Waals surface area contributed by atoms with Gasteiger partial charge in [0.05, 0.1) is 26.3 Å². The van der Waals surface area contributed by atoms with Gasteiger partial charge in [0, 0.05) is 19.2 Å². The van der Waals surface area contributed by atoms with Gasteiger partial charge in [0.25, 0.3) is 0 Å². The molecule has 7 nitrogen and oxygen atoms in total. The molecule has 0 radical (unpaired) electrons. The van der Waals surface area contributed by atoms with E-state index in [9.17, 15) is 14.4 Å². The van der Waals surface area contributed by atoms with E-state index in [2.05, 4.69) is 33.0 Å². The minimum atomic E-state index is -0.540. The zero-order valence-corrected chi connectivity index (χ0v) is 18.0. The fourth-order valence-corrected chi connectivity index (χ4v) is 3.94. The molecule has 9 heteroatoms. The third-order valence-electron chi connectivity index (χ3n) is 3.65. The number of amides is 1. The van der Waals surface area contributed by atoms with E-state index < -0.39 is 5.97 Å². The highest BCUT2D eigenvalue weighted by atomic mass is 127. The number of hydrogen-bond acceptors (Lipinski definition) is 6. The summed E-state index contributed by atoms with van der Waals surface area (Å²) < 4.78 is 7.81. The highest BCUT2D eigenvalue weighted by Crippen LogP contribution is 2.34. The van der Waals surface area contributed by atoms with Crippen molar-refractivity contribution in [1.82, 2.24) is 9.78 Å². The molecule has 0 aliphatic carbocycles. The standard InChI is InChI=1S/C17H20IN3O4S/c1-5-25-17(24)14-9(2)15(11(4)22)26-16(14)19-13(23)6-7-21-8-12(18)10(3)20-21/h8H,5-7H2,1-4H3,(H,19,23). The Morgan fingerprint density at radius 2 is 2.04 bits per heavy atom. The van der Waals surface area contributed by atoms with Crippen molar-refractivity contribution in [3.8, 4) is 0 Å². The smallest absolute Gasteiger partial charge is 0.341 e. The maximum Gasteiger partial charge on any atom is 0.341 e. The summed E-state index contributed by atoms with van der Waals surface area (Å²) in [5, 5.41) is 7.40. The first-order chi connectivity index (χ1) is 12.2. The Morgan fingerprint density at radius 3 is 2.58 bits per heavy atom. The molecule has 0 unspecified atom stereocenters. The SMILES string of the molecule is CCOC(=O)c1c(NC(=O)CCn2cc(I)c(C)n2)sc(C(C)=O)c1C. The molecule has 2 rings (SSSR count). The molecule has 0 aliphatic rings. The van der Waals surface area contributed by atoms with Gasteiger partial charge < -0.3 is 10.1 Å². The molecule has 1 amide bonds. The maximum absolute atomic E-state index is 12.3. The predicted molar refractivity (Wildman–Crippen MR) is 108 cm³/mol. The Balaban J connectivity index is 2.16. The molecular weight excluding hydrogens is 469 g/mol. The van der Waals surface area contributed by atoms with Crippen molar-refractivity contribution >= 4 is 56.6 Å². The number of esters is 1. The number of aromatic nitrogens is 2. The van der Waals surface area contributed by atoms with E-state index in [1.54, 1.807) is 18.5 Å². The molecule has 2 aromatic heterocycles. The van der Waals surface area contributed by atoms with Crippen molar-refractivity contribution in [1.29, 1.82) is 0 Å². The molecular formula is C17H20IN3O4S. The van der Waals surface area contributed by atoms with Gasteiger partial charge in [-0.15, -0.1) is 11.3 Å². The zero-order chi connectivity index (χ0) is 19.4. The largest absolute Gasteiger partial charge is 0.462 e. The van der Waals surface area contributed by atoms with E-state index in [1.165, 1.54) is 6.92 Å². The van der Waals surface area contributed by atoms with E-state index in [-0.39, 0.29) is 30.3 Å². The number of aryl methyl sites for hydroxylation is 2. The zero-order valence-electron chi connectivity index (χ0n) is 15.0. The van der Waals surface area contributed by atoms with Gasteiger partial charge in [0.2, 0.25) is 5.91 Å². The Kier molecular flexibility index (Phi) is 6.93. The lowest BCUT2D eigenvalue weighted by Crippen LogP contribution is -2.16. The lowest BCUT2D eigenvalue weighted by molar-refractivity contribution is -0.116. The Labute approximate surface area is 169 Å². The number of ether oxygens (including phenoxy) is 1. The van der Waals surface area contributed by atoms with Gasteiger partial charge in [0.15, 0.2) is 5.78 Å². The lowest BCUT2D eigenvalue weighted by Gasteiger charge is -2.07. The Bertz CT molecular complexity index is 837. The van der Waals surface area contributed by atoms with E-state index in [0.29, 0.717) is 22.0 Å². The molecule has 140 valence electrons. The predicted octanol–water partition coefficient (Wildman–Crippen LogP) is 3.57. The van der Waals surface area contributed by atoms with Crippen LogP contribution in [0.2, 0.25) is 0 Å². The van der Waals surface area contributed by atoms with Crippen LogP contribution in [-0.2, 0) is 16.1 Å². The molecule has 0 aliphatic heterocycles. The summed E-state index contributed by atoms with van der Waals surface area (Å²) in [5.41, 5.74) is 1.70. The van der Waals surface area contributed by atoms with Crippen LogP contribution in [0, 0.1) is 17.4 Å². The summed E-state index contributed by atoms with van der Waals surface area (Å²) in [6.07, 6.45) is 2.07. The summed E-state index contributed by atoms with van der Waals surface area (Å²) in [7, 11) is 0. The average Bonchev–Trinajstić information content (AvgIpc) is 3.05. The summed E-state index contributed by atoms with van der Waals surface area (Å²) >= 11 is 3.29. The number of hydrogen-bond donors (Lipinski definition) is 1. The molecule has 0 saturated carbocycles. The normalized spacial score (nSPS) is 10.7. The van der Waals surface area contributed by atoms with Gasteiger partial charge in [-0.3, -0.25) is 14.3 Å². The minimum absolute atomic E-state index is 0.153. The number of rotatable bonds is 7. The van der Waals surface area contributed by atoms with Crippen LogP contribution in [0.25, 0.3) is 0 Å². The summed E-state index contributed by atoms with van der Waals surface area (Å²) in [5.74, 6) is -0.948. The second-order valence-electron chi connectivity index (χ2n) is 5.66. The van der Waals surface area contributed by atoms with Crippen molar-refractivity contribution in [3.05, 3.63) is 31.5 Å². The molecule has 0 bridgehead atoms. The van der Waals surface area contributed by atoms with E-state index in [0.717, 1.165) is 20.6 Å². The number of carbonyl (C=O) groups is 3. The topological polar surface area (TPSA) is 90.3 Å². The molecule has 1 N–H and O–H groups in total. The number of anilines is 1. The quantitative estimate of drug-likeness (QED) is 0.365. The minimum Gasteiger partial charge on any atom is -0.462 e. The number of nitrogens with zero attached hydrogens (tertiary/aromatic N) is 2. The van der Waals surface area contributed by atoms with Crippen LogP contribution in [0.3, 0.4) is 0 Å². The number of Topliss-reactive ketones (excluding diaryl/α,β-unsaturated/α-hetero) is 1. The summed E-state index contributed by atoms with van der Waals surface area (Å²) in [4.78, 5) is 36.8. The van der Waals surface area contributed by atoms with Gasteiger partial charge in [-0.25, -0.2) is 4.79 Å². The molecule has 0 aromatic carbocycles. The Morgan fingerprint density at radius 1 is 1.35 bits per heavy atom. The van der Waals surface area contributed by atoms with Gasteiger partial charge in [-0.2, -0.15) is 5.10 Å². The third-order valence-corrected chi connectivity index (χ3v) is 6.02. The fraction of sp³-hybridized carbons (Fsp3) is 0.412. The van der Waals surface area contributed by atoms with Crippen LogP contribution in [0.5, 0.6) is 0 Å². The Hall–Kier alpha value is -1.75. The maximum atomic E-state index is 12.3. The van der Waals surface area contributed by atoms with Gasteiger partial charge >= 0.3 is 5.97 Å². The van der Waals surface area contributed by atoms with Crippen molar-refractivity contribution in [2.24, 2.45) is 0 Å². The molecule has 2 heterocycles. The lowest BCUT2D eigenvalue weighted by atomic mass is 10.1. The van der Waals surface area contributed by atoms with Gasteiger partial charge in [-0.05, 0) is 55.8 Å². The summed E-state index contributed by atoms with van der Waals surface area (Å²) in [6, 6.07) is 0. The average molecular weight is 489 g/mol. The van der Waals surface area contributed by atoms with E-state index in [4.69, 9.17) is 4.74 Å². The third kappa shape index (κ3) is 4.70. The first kappa shape index (κ1) is 20.6. The second-order valence-corrected chi connectivity index (χ2v) is 7.84. The van der Waals surface area contributed by atoms with Gasteiger partial charge in [0.1, 0.15) is 5.00 Å². The highest BCUT2D eigenvalue weighted by molar-refractivity contribution is 14.1. The van der Waals surface area contributed by atoms with Crippen LogP contribution in [-0.4, -0.2) is 34.0 Å². The number of halogens is 1. The van der Waals surface area contributed by atoms with E-state index >= 15 is 0 Å². The first-order valence-electron chi connectivity index (χ1n) is 8.05. The molecule has 0 spiro atoms. The molecule has 0 atom stereocenters. The first-order valence-corrected chi connectivity index (χ1v) is 9.95. The fourth-order valence-electron chi connectivity index (χ4n) is 2.40. The number of carbonyl (C=O) groups excluding carboxylic acids is 3. The van der Waals surface area contributed by atoms with Crippen LogP contribution in [0.1, 0.15) is 51.6 Å². The monoisotopic (exact) mass is 489 g/mol. The number of nitrogens with one attached hydrogen (secondary N) is 1. The summed E-state index contributed by atoms with van der Waals surface area (Å²) in [6.45, 7) is 7.37. The van der Waals surface area contributed by atoms with Gasteiger partial charge in [-0.1, -0.05) is 0 Å².